The van der Waals surface area contributed by atoms with Gasteiger partial charge in [0.1, 0.15) is 5.75 Å². The number of benzene rings is 1. The molecule has 14 heavy (non-hydrogen) atoms. The van der Waals surface area contributed by atoms with Crippen LogP contribution in [0.1, 0.15) is 24.0 Å². The molecule has 78 valence electrons. The van der Waals surface area contributed by atoms with Crippen molar-refractivity contribution in [3.8, 4) is 5.75 Å². The van der Waals surface area contributed by atoms with Crippen LogP contribution in [0.15, 0.2) is 16.6 Å². The van der Waals surface area contributed by atoms with Crippen LogP contribution >= 0.6 is 15.9 Å². The van der Waals surface area contributed by atoms with Crippen LogP contribution in [0.25, 0.3) is 0 Å². The summed E-state index contributed by atoms with van der Waals surface area (Å²) in [6, 6.07) is 4.00. The first kappa shape index (κ1) is 11.5. The summed E-state index contributed by atoms with van der Waals surface area (Å²) in [5, 5.41) is 9.12. The average Bonchev–Trinajstić information content (AvgIpc) is 2.15. The minimum atomic E-state index is 0.0983. The topological polar surface area (TPSA) is 29.5 Å². The lowest BCUT2D eigenvalue weighted by Crippen LogP contribution is -2.03. The molecule has 1 aromatic rings. The van der Waals surface area contributed by atoms with Crippen molar-refractivity contribution in [2.24, 2.45) is 0 Å². The molecule has 0 saturated heterocycles. The summed E-state index contributed by atoms with van der Waals surface area (Å²) >= 11 is 3.44. The number of aliphatic hydroxyl groups is 1. The Kier molecular flexibility index (Phi) is 3.96. The second-order valence-electron chi connectivity index (χ2n) is 3.43. The van der Waals surface area contributed by atoms with Gasteiger partial charge in [-0.15, -0.1) is 0 Å². The van der Waals surface area contributed by atoms with Crippen molar-refractivity contribution in [3.05, 3.63) is 27.7 Å². The van der Waals surface area contributed by atoms with E-state index < -0.39 is 0 Å². The highest BCUT2D eigenvalue weighted by atomic mass is 79.9. The zero-order valence-electron chi connectivity index (χ0n) is 8.67. The Labute approximate surface area is 93.0 Å². The van der Waals surface area contributed by atoms with E-state index in [1.54, 1.807) is 7.11 Å². The first-order valence-corrected chi connectivity index (χ1v) is 5.34. The van der Waals surface area contributed by atoms with Crippen LogP contribution in [0.3, 0.4) is 0 Å². The maximum absolute atomic E-state index is 9.12. The van der Waals surface area contributed by atoms with E-state index in [1.165, 1.54) is 0 Å². The summed E-state index contributed by atoms with van der Waals surface area (Å²) in [4.78, 5) is 0. The molecule has 0 bridgehead atoms. The predicted octanol–water partition coefficient (Wildman–Crippen LogP) is 2.86. The van der Waals surface area contributed by atoms with Crippen molar-refractivity contribution < 1.29 is 9.84 Å². The summed E-state index contributed by atoms with van der Waals surface area (Å²) in [7, 11) is 1.66. The number of rotatable bonds is 3. The van der Waals surface area contributed by atoms with E-state index in [4.69, 9.17) is 9.84 Å². The van der Waals surface area contributed by atoms with Crippen LogP contribution in [0.5, 0.6) is 5.75 Å². The maximum Gasteiger partial charge on any atom is 0.125 e. The van der Waals surface area contributed by atoms with Gasteiger partial charge in [0, 0.05) is 22.6 Å². The molecule has 2 nitrogen and oxygen atoms in total. The van der Waals surface area contributed by atoms with Gasteiger partial charge < -0.3 is 9.84 Å². The summed E-state index contributed by atoms with van der Waals surface area (Å²) < 4.78 is 6.34. The second kappa shape index (κ2) is 4.80. The molecule has 0 aromatic heterocycles. The Balaban J connectivity index is 3.24. The first-order chi connectivity index (χ1) is 6.60. The molecule has 0 radical (unpaired) electrons. The van der Waals surface area contributed by atoms with Gasteiger partial charge >= 0.3 is 0 Å². The molecule has 3 heteroatoms. The minimum Gasteiger partial charge on any atom is -0.496 e. The summed E-state index contributed by atoms with van der Waals surface area (Å²) in [6.07, 6.45) is 0. The molecule has 1 rings (SSSR count). The number of aryl methyl sites for hydroxylation is 1. The van der Waals surface area contributed by atoms with Crippen LogP contribution in [0.2, 0.25) is 0 Å². The molecule has 1 N–H and O–H groups in total. The SMILES string of the molecule is COc1c(C)cc(Br)cc1C(C)CO. The Hall–Kier alpha value is -0.540. The Morgan fingerprint density at radius 1 is 1.50 bits per heavy atom. The second-order valence-corrected chi connectivity index (χ2v) is 4.34. The van der Waals surface area contributed by atoms with Crippen molar-refractivity contribution in [1.29, 1.82) is 0 Å². The van der Waals surface area contributed by atoms with Crippen molar-refractivity contribution >= 4 is 15.9 Å². The highest BCUT2D eigenvalue weighted by molar-refractivity contribution is 9.10. The van der Waals surface area contributed by atoms with Gasteiger partial charge in [0.05, 0.1) is 7.11 Å². The van der Waals surface area contributed by atoms with Crippen LogP contribution in [-0.4, -0.2) is 18.8 Å². The van der Waals surface area contributed by atoms with Crippen molar-refractivity contribution in [3.63, 3.8) is 0 Å². The molecular weight excluding hydrogens is 244 g/mol. The Bertz CT molecular complexity index is 323. The summed E-state index contributed by atoms with van der Waals surface area (Å²) in [5.41, 5.74) is 2.12. The van der Waals surface area contributed by atoms with E-state index in [2.05, 4.69) is 15.9 Å². The third-order valence-corrected chi connectivity index (χ3v) is 2.73. The smallest absolute Gasteiger partial charge is 0.125 e. The standard InChI is InChI=1S/C11H15BrO2/c1-7-4-9(12)5-10(8(2)6-13)11(7)14-3/h4-5,8,13H,6H2,1-3H3. The molecular formula is C11H15BrO2. The van der Waals surface area contributed by atoms with Gasteiger partial charge in [-0.1, -0.05) is 22.9 Å². The highest BCUT2D eigenvalue weighted by Gasteiger charge is 2.13. The lowest BCUT2D eigenvalue weighted by Gasteiger charge is -2.16. The zero-order valence-corrected chi connectivity index (χ0v) is 10.3. The van der Waals surface area contributed by atoms with E-state index in [9.17, 15) is 0 Å². The molecule has 1 aromatic carbocycles. The zero-order chi connectivity index (χ0) is 10.7. The third kappa shape index (κ3) is 2.28. The van der Waals surface area contributed by atoms with Crippen LogP contribution in [0, 0.1) is 6.92 Å². The summed E-state index contributed by atoms with van der Waals surface area (Å²) in [5.74, 6) is 0.968. The molecule has 0 spiro atoms. The van der Waals surface area contributed by atoms with Crippen molar-refractivity contribution in [1.82, 2.24) is 0 Å². The van der Waals surface area contributed by atoms with Gasteiger partial charge in [-0.05, 0) is 24.6 Å². The first-order valence-electron chi connectivity index (χ1n) is 4.55. The van der Waals surface area contributed by atoms with Crippen LogP contribution in [-0.2, 0) is 0 Å². The van der Waals surface area contributed by atoms with E-state index in [0.29, 0.717) is 0 Å². The van der Waals surface area contributed by atoms with Gasteiger partial charge in [0.15, 0.2) is 0 Å². The predicted molar refractivity (Wildman–Crippen MR) is 60.9 cm³/mol. The lowest BCUT2D eigenvalue weighted by atomic mass is 9.98. The monoisotopic (exact) mass is 258 g/mol. The minimum absolute atomic E-state index is 0.0983. The Morgan fingerprint density at radius 3 is 2.64 bits per heavy atom. The van der Waals surface area contributed by atoms with E-state index in [-0.39, 0.29) is 12.5 Å². The van der Waals surface area contributed by atoms with Gasteiger partial charge in [-0.25, -0.2) is 0 Å². The molecule has 0 saturated carbocycles. The third-order valence-electron chi connectivity index (χ3n) is 2.28. The number of ether oxygens (including phenoxy) is 1. The molecule has 1 unspecified atom stereocenters. The fraction of sp³-hybridized carbons (Fsp3) is 0.455. The molecule has 0 fully saturated rings. The van der Waals surface area contributed by atoms with Crippen LogP contribution in [0.4, 0.5) is 0 Å². The average molecular weight is 259 g/mol. The Morgan fingerprint density at radius 2 is 2.14 bits per heavy atom. The lowest BCUT2D eigenvalue weighted by molar-refractivity contribution is 0.269. The maximum atomic E-state index is 9.12. The largest absolute Gasteiger partial charge is 0.496 e. The molecule has 0 aliphatic heterocycles. The van der Waals surface area contributed by atoms with Gasteiger partial charge in [0.25, 0.3) is 0 Å². The van der Waals surface area contributed by atoms with Crippen molar-refractivity contribution in [2.75, 3.05) is 13.7 Å². The molecule has 0 heterocycles. The number of methoxy groups -OCH3 is 1. The molecule has 0 aliphatic rings. The molecule has 0 amide bonds. The van der Waals surface area contributed by atoms with E-state index >= 15 is 0 Å². The molecule has 0 aliphatic carbocycles. The number of hydrogen-bond donors (Lipinski definition) is 1. The van der Waals surface area contributed by atoms with Gasteiger partial charge in [-0.3, -0.25) is 0 Å². The quantitative estimate of drug-likeness (QED) is 0.904. The van der Waals surface area contributed by atoms with Crippen LogP contribution < -0.4 is 4.74 Å². The van der Waals surface area contributed by atoms with Gasteiger partial charge in [0.2, 0.25) is 0 Å². The van der Waals surface area contributed by atoms with E-state index in [1.807, 2.05) is 26.0 Å². The normalized spacial score (nSPS) is 12.6. The fourth-order valence-electron chi connectivity index (χ4n) is 1.50. The number of halogens is 1. The fourth-order valence-corrected chi connectivity index (χ4v) is 2.09. The number of aliphatic hydroxyl groups excluding tert-OH is 1. The van der Waals surface area contributed by atoms with Crippen molar-refractivity contribution in [2.45, 2.75) is 19.8 Å². The molecule has 1 atom stereocenters. The van der Waals surface area contributed by atoms with Gasteiger partial charge in [-0.2, -0.15) is 0 Å². The number of hydrogen-bond acceptors (Lipinski definition) is 2. The highest BCUT2D eigenvalue weighted by Crippen LogP contribution is 2.32. The summed E-state index contributed by atoms with van der Waals surface area (Å²) in [6.45, 7) is 4.10. The van der Waals surface area contributed by atoms with E-state index in [0.717, 1.165) is 21.3 Å².